The molecule has 6 rings (SSSR count). The van der Waals surface area contributed by atoms with Crippen molar-refractivity contribution >= 4 is 12.0 Å². The van der Waals surface area contributed by atoms with Gasteiger partial charge in [0.25, 0.3) is 0 Å². The maximum atomic E-state index is 12.9. The third-order valence-corrected chi connectivity index (χ3v) is 7.83. The van der Waals surface area contributed by atoms with Gasteiger partial charge in [0.1, 0.15) is 12.2 Å². The molecule has 5 atom stereocenters. The first-order valence-electron chi connectivity index (χ1n) is 12.9. The summed E-state index contributed by atoms with van der Waals surface area (Å²) < 4.78 is 37.8. The summed E-state index contributed by atoms with van der Waals surface area (Å²) in [6, 6.07) is 9.69. The molecule has 2 aliphatic carbocycles. The maximum absolute atomic E-state index is 12.9. The van der Waals surface area contributed by atoms with E-state index in [9.17, 15) is 4.79 Å². The van der Waals surface area contributed by atoms with Crippen LogP contribution >= 0.6 is 0 Å². The molecule has 2 saturated carbocycles. The van der Waals surface area contributed by atoms with Gasteiger partial charge in [-0.25, -0.2) is 4.79 Å². The van der Waals surface area contributed by atoms with Gasteiger partial charge in [-0.05, 0) is 37.3 Å². The van der Waals surface area contributed by atoms with Gasteiger partial charge in [0.2, 0.25) is 0 Å². The SMILES string of the molecule is O=C(/C=C/c1ccccc1)OC1C(C2COC3(CCCCC3)O2)OC2OC3(CCCCC3)OC21. The number of carbonyl (C=O) groups is 1. The van der Waals surface area contributed by atoms with Crippen LogP contribution < -0.4 is 0 Å². The number of benzene rings is 1. The summed E-state index contributed by atoms with van der Waals surface area (Å²) in [7, 11) is 0. The van der Waals surface area contributed by atoms with Crippen LogP contribution in [0.15, 0.2) is 36.4 Å². The second-order valence-electron chi connectivity index (χ2n) is 10.2. The van der Waals surface area contributed by atoms with E-state index in [1.807, 2.05) is 30.3 Å². The monoisotopic (exact) mass is 470 g/mol. The van der Waals surface area contributed by atoms with Gasteiger partial charge in [0.05, 0.1) is 6.61 Å². The fourth-order valence-electron chi connectivity index (χ4n) is 6.11. The molecule has 34 heavy (non-hydrogen) atoms. The Labute approximate surface area is 200 Å². The van der Waals surface area contributed by atoms with Crippen LogP contribution in [-0.4, -0.2) is 54.9 Å². The number of ether oxygens (including phenoxy) is 6. The van der Waals surface area contributed by atoms with Crippen LogP contribution in [0.1, 0.15) is 69.8 Å². The molecule has 5 fully saturated rings. The van der Waals surface area contributed by atoms with Crippen molar-refractivity contribution in [3.8, 4) is 0 Å². The third kappa shape index (κ3) is 4.44. The van der Waals surface area contributed by atoms with Crippen LogP contribution in [0, 0.1) is 0 Å². The minimum atomic E-state index is -0.624. The normalized spacial score (nSPS) is 36.3. The Bertz CT molecular complexity index is 887. The summed E-state index contributed by atoms with van der Waals surface area (Å²) in [4.78, 5) is 12.9. The molecule has 184 valence electrons. The maximum Gasteiger partial charge on any atom is 0.331 e. The average molecular weight is 471 g/mol. The van der Waals surface area contributed by atoms with E-state index in [4.69, 9.17) is 28.4 Å². The number of esters is 1. The zero-order valence-corrected chi connectivity index (χ0v) is 19.6. The first-order valence-corrected chi connectivity index (χ1v) is 12.9. The van der Waals surface area contributed by atoms with E-state index in [2.05, 4.69) is 0 Å². The minimum Gasteiger partial charge on any atom is -0.453 e. The van der Waals surface area contributed by atoms with Crippen LogP contribution in [-0.2, 0) is 33.2 Å². The second kappa shape index (κ2) is 9.36. The fourth-order valence-corrected chi connectivity index (χ4v) is 6.11. The van der Waals surface area contributed by atoms with E-state index in [1.165, 1.54) is 18.9 Å². The van der Waals surface area contributed by atoms with Gasteiger partial charge in [-0.1, -0.05) is 43.2 Å². The lowest BCUT2D eigenvalue weighted by molar-refractivity contribution is -0.261. The molecule has 1 aromatic carbocycles. The van der Waals surface area contributed by atoms with E-state index in [0.29, 0.717) is 6.61 Å². The van der Waals surface area contributed by atoms with Crippen LogP contribution in [0.2, 0.25) is 0 Å². The highest BCUT2D eigenvalue weighted by molar-refractivity contribution is 5.87. The highest BCUT2D eigenvalue weighted by Crippen LogP contribution is 2.48. The molecule has 0 radical (unpaired) electrons. The molecule has 2 spiro atoms. The molecule has 0 N–H and O–H groups in total. The molecule has 0 bridgehead atoms. The molecule has 7 nitrogen and oxygen atoms in total. The Morgan fingerprint density at radius 3 is 2.29 bits per heavy atom. The number of rotatable bonds is 4. The number of hydrogen-bond donors (Lipinski definition) is 0. The molecule has 5 aliphatic rings. The molecule has 0 amide bonds. The van der Waals surface area contributed by atoms with Crippen molar-refractivity contribution in [3.63, 3.8) is 0 Å². The van der Waals surface area contributed by atoms with E-state index in [0.717, 1.165) is 56.9 Å². The summed E-state index contributed by atoms with van der Waals surface area (Å²) in [5, 5.41) is 0. The predicted octanol–water partition coefficient (Wildman–Crippen LogP) is 4.49. The Morgan fingerprint density at radius 1 is 0.853 bits per heavy atom. The van der Waals surface area contributed by atoms with Crippen molar-refractivity contribution in [2.75, 3.05) is 6.61 Å². The zero-order chi connectivity index (χ0) is 23.0. The van der Waals surface area contributed by atoms with E-state index in [1.54, 1.807) is 6.08 Å². The van der Waals surface area contributed by atoms with Crippen molar-refractivity contribution in [1.29, 1.82) is 0 Å². The van der Waals surface area contributed by atoms with E-state index >= 15 is 0 Å². The van der Waals surface area contributed by atoms with Crippen molar-refractivity contribution in [1.82, 2.24) is 0 Å². The van der Waals surface area contributed by atoms with E-state index in [-0.39, 0.29) is 6.10 Å². The van der Waals surface area contributed by atoms with Gasteiger partial charge in [0.15, 0.2) is 30.1 Å². The summed E-state index contributed by atoms with van der Waals surface area (Å²) in [5.41, 5.74) is 0.935. The number of carbonyl (C=O) groups excluding carboxylic acids is 1. The molecule has 5 unspecified atom stereocenters. The topological polar surface area (TPSA) is 72.5 Å². The third-order valence-electron chi connectivity index (χ3n) is 7.83. The summed E-state index contributed by atoms with van der Waals surface area (Å²) in [6.07, 6.45) is 10.9. The average Bonchev–Trinajstić information content (AvgIpc) is 3.52. The van der Waals surface area contributed by atoms with Crippen LogP contribution in [0.3, 0.4) is 0 Å². The molecular weight excluding hydrogens is 436 g/mol. The van der Waals surface area contributed by atoms with E-state index < -0.39 is 42.1 Å². The smallest absolute Gasteiger partial charge is 0.331 e. The van der Waals surface area contributed by atoms with Crippen molar-refractivity contribution in [3.05, 3.63) is 42.0 Å². The first kappa shape index (κ1) is 22.7. The highest BCUT2D eigenvalue weighted by Gasteiger charge is 2.62. The molecule has 1 aromatic rings. The molecule has 3 saturated heterocycles. The Balaban J connectivity index is 1.19. The lowest BCUT2D eigenvalue weighted by atomic mass is 9.94. The zero-order valence-electron chi connectivity index (χ0n) is 19.6. The van der Waals surface area contributed by atoms with Gasteiger partial charge in [-0.15, -0.1) is 0 Å². The van der Waals surface area contributed by atoms with Crippen LogP contribution in [0.5, 0.6) is 0 Å². The standard InChI is InChI=1S/C27H34O7/c28-21(13-12-19-10-4-1-5-11-19)30-23-22(20-18-29-26(32-20)14-6-2-7-15-26)31-25-24(23)33-27(34-25)16-8-3-9-17-27/h1,4-5,10-13,20,22-25H,2-3,6-9,14-18H2/b13-12+. The summed E-state index contributed by atoms with van der Waals surface area (Å²) in [6.45, 7) is 0.420. The summed E-state index contributed by atoms with van der Waals surface area (Å²) >= 11 is 0. The lowest BCUT2D eigenvalue weighted by Gasteiger charge is -2.35. The molecule has 0 aromatic heterocycles. The summed E-state index contributed by atoms with van der Waals surface area (Å²) in [5.74, 6) is -1.58. The first-order chi connectivity index (χ1) is 16.6. The van der Waals surface area contributed by atoms with Gasteiger partial charge < -0.3 is 28.4 Å². The predicted molar refractivity (Wildman–Crippen MR) is 122 cm³/mol. The molecule has 3 heterocycles. The van der Waals surface area contributed by atoms with Gasteiger partial charge >= 0.3 is 5.97 Å². The Hall–Kier alpha value is -1.77. The Kier molecular flexibility index (Phi) is 6.24. The van der Waals surface area contributed by atoms with Gasteiger partial charge in [-0.2, -0.15) is 0 Å². The Morgan fingerprint density at radius 2 is 1.56 bits per heavy atom. The number of hydrogen-bond acceptors (Lipinski definition) is 7. The fraction of sp³-hybridized carbons (Fsp3) is 0.667. The molecule has 7 heteroatoms. The van der Waals surface area contributed by atoms with Crippen molar-refractivity contribution in [2.45, 2.75) is 106 Å². The van der Waals surface area contributed by atoms with Crippen LogP contribution in [0.4, 0.5) is 0 Å². The highest BCUT2D eigenvalue weighted by atomic mass is 16.9. The van der Waals surface area contributed by atoms with Crippen LogP contribution in [0.25, 0.3) is 6.08 Å². The minimum absolute atomic E-state index is 0.325. The molecule has 3 aliphatic heterocycles. The number of fused-ring (bicyclic) bond motifs is 1. The largest absolute Gasteiger partial charge is 0.453 e. The quantitative estimate of drug-likeness (QED) is 0.474. The lowest BCUT2D eigenvalue weighted by Crippen LogP contribution is -2.46. The van der Waals surface area contributed by atoms with Crippen molar-refractivity contribution in [2.24, 2.45) is 0 Å². The molecular formula is C27H34O7. The van der Waals surface area contributed by atoms with Crippen molar-refractivity contribution < 1.29 is 33.2 Å². The van der Waals surface area contributed by atoms with Gasteiger partial charge in [0, 0.05) is 31.8 Å². The second-order valence-corrected chi connectivity index (χ2v) is 10.2. The van der Waals surface area contributed by atoms with Gasteiger partial charge in [-0.3, -0.25) is 0 Å².